The van der Waals surface area contributed by atoms with Crippen LogP contribution in [0.25, 0.3) is 4.85 Å². The van der Waals surface area contributed by atoms with Gasteiger partial charge < -0.3 is 20.5 Å². The molecule has 6 heteroatoms. The van der Waals surface area contributed by atoms with Crippen LogP contribution in [0.1, 0.15) is 28.8 Å². The molecule has 0 spiro atoms. The molecule has 3 rings (SSSR count). The Bertz CT molecular complexity index is 833. The molecule has 0 unspecified atom stereocenters. The Labute approximate surface area is 165 Å². The summed E-state index contributed by atoms with van der Waals surface area (Å²) in [5.41, 5.74) is 6.71. The second-order valence-electron chi connectivity index (χ2n) is 7.27. The quantitative estimate of drug-likeness (QED) is 0.725. The molecule has 0 bridgehead atoms. The SMILES string of the molecule is [C-]#[N+]c1ccc(CCN2CCC(O)(COc3ccc(C(N)=O)cc3)CC2)cc1. The molecule has 1 aliphatic rings. The van der Waals surface area contributed by atoms with E-state index in [2.05, 4.69) is 9.74 Å². The van der Waals surface area contributed by atoms with Crippen molar-refractivity contribution in [3.8, 4) is 5.75 Å². The van der Waals surface area contributed by atoms with E-state index in [9.17, 15) is 9.90 Å². The first-order valence-corrected chi connectivity index (χ1v) is 9.41. The van der Waals surface area contributed by atoms with E-state index >= 15 is 0 Å². The van der Waals surface area contributed by atoms with E-state index in [-0.39, 0.29) is 6.61 Å². The monoisotopic (exact) mass is 379 g/mol. The highest BCUT2D eigenvalue weighted by Crippen LogP contribution is 2.24. The molecule has 146 valence electrons. The van der Waals surface area contributed by atoms with Crippen LogP contribution in [0.2, 0.25) is 0 Å². The van der Waals surface area contributed by atoms with Gasteiger partial charge in [-0.25, -0.2) is 4.85 Å². The molecule has 1 amide bonds. The normalized spacial score (nSPS) is 16.3. The number of amides is 1. The van der Waals surface area contributed by atoms with Gasteiger partial charge >= 0.3 is 0 Å². The van der Waals surface area contributed by atoms with Gasteiger partial charge in [0.05, 0.1) is 6.57 Å². The van der Waals surface area contributed by atoms with Crippen molar-refractivity contribution in [1.29, 1.82) is 0 Å². The van der Waals surface area contributed by atoms with Gasteiger partial charge in [0.1, 0.15) is 18.0 Å². The summed E-state index contributed by atoms with van der Waals surface area (Å²) in [4.78, 5) is 16.9. The van der Waals surface area contributed by atoms with Gasteiger partial charge in [-0.05, 0) is 49.1 Å². The molecule has 2 aromatic carbocycles. The van der Waals surface area contributed by atoms with Crippen LogP contribution in [-0.2, 0) is 6.42 Å². The first-order chi connectivity index (χ1) is 13.5. The second-order valence-corrected chi connectivity index (χ2v) is 7.27. The molecule has 0 saturated carbocycles. The van der Waals surface area contributed by atoms with Gasteiger partial charge in [0.2, 0.25) is 5.91 Å². The Morgan fingerprint density at radius 2 is 1.79 bits per heavy atom. The average molecular weight is 379 g/mol. The van der Waals surface area contributed by atoms with Gasteiger partial charge in [0.15, 0.2) is 5.69 Å². The lowest BCUT2D eigenvalue weighted by molar-refractivity contribution is -0.0521. The smallest absolute Gasteiger partial charge is 0.248 e. The molecule has 2 aromatic rings. The number of ether oxygens (including phenoxy) is 1. The van der Waals surface area contributed by atoms with Gasteiger partial charge in [-0.2, -0.15) is 0 Å². The Morgan fingerprint density at radius 3 is 2.36 bits per heavy atom. The Balaban J connectivity index is 1.43. The van der Waals surface area contributed by atoms with Crippen molar-refractivity contribution in [3.05, 3.63) is 71.1 Å². The summed E-state index contributed by atoms with van der Waals surface area (Å²) in [6, 6.07) is 14.3. The van der Waals surface area contributed by atoms with Gasteiger partial charge in [-0.1, -0.05) is 24.3 Å². The lowest BCUT2D eigenvalue weighted by Crippen LogP contribution is -2.48. The number of hydrogen-bond donors (Lipinski definition) is 2. The van der Waals surface area contributed by atoms with E-state index < -0.39 is 11.5 Å². The molecule has 0 atom stereocenters. The van der Waals surface area contributed by atoms with Crippen LogP contribution in [0.4, 0.5) is 5.69 Å². The third kappa shape index (κ3) is 5.32. The Hall–Kier alpha value is -2.88. The minimum atomic E-state index is -0.837. The summed E-state index contributed by atoms with van der Waals surface area (Å²) in [6.45, 7) is 9.80. The maximum absolute atomic E-state index is 11.1. The standard InChI is InChI=1S/C22H25N3O3/c1-24-19-6-2-17(3-7-19)10-13-25-14-11-22(27,12-15-25)16-28-20-8-4-18(5-9-20)21(23)26/h2-9,27H,10-16H2,(H2,23,26). The van der Waals surface area contributed by atoms with E-state index in [1.807, 2.05) is 24.3 Å². The number of aliphatic hydroxyl groups is 1. The van der Waals surface area contributed by atoms with E-state index in [1.165, 1.54) is 5.56 Å². The fourth-order valence-corrected chi connectivity index (χ4v) is 3.29. The molecule has 1 aliphatic heterocycles. The van der Waals surface area contributed by atoms with Crippen molar-refractivity contribution in [2.24, 2.45) is 5.73 Å². The van der Waals surface area contributed by atoms with Crippen LogP contribution in [0.15, 0.2) is 48.5 Å². The van der Waals surface area contributed by atoms with Crippen LogP contribution in [0.5, 0.6) is 5.75 Å². The van der Waals surface area contributed by atoms with Crippen LogP contribution < -0.4 is 10.5 Å². The zero-order valence-corrected chi connectivity index (χ0v) is 15.8. The first kappa shape index (κ1) is 19.9. The van der Waals surface area contributed by atoms with Gasteiger partial charge in [0, 0.05) is 25.2 Å². The van der Waals surface area contributed by atoms with E-state index in [0.717, 1.165) is 26.1 Å². The number of benzene rings is 2. The fourth-order valence-electron chi connectivity index (χ4n) is 3.29. The van der Waals surface area contributed by atoms with Gasteiger partial charge in [0.25, 0.3) is 0 Å². The Morgan fingerprint density at radius 1 is 1.14 bits per heavy atom. The summed E-state index contributed by atoms with van der Waals surface area (Å²) in [5, 5.41) is 10.8. The van der Waals surface area contributed by atoms with E-state index in [1.54, 1.807) is 24.3 Å². The predicted octanol–water partition coefficient (Wildman–Crippen LogP) is 2.78. The van der Waals surface area contributed by atoms with Crippen molar-refractivity contribution in [2.45, 2.75) is 24.9 Å². The van der Waals surface area contributed by atoms with Gasteiger partial charge in [-0.15, -0.1) is 0 Å². The van der Waals surface area contributed by atoms with Crippen molar-refractivity contribution in [2.75, 3.05) is 26.2 Å². The van der Waals surface area contributed by atoms with Crippen molar-refractivity contribution in [3.63, 3.8) is 0 Å². The molecule has 1 saturated heterocycles. The molecule has 1 fully saturated rings. The number of nitrogens with zero attached hydrogens (tertiary/aromatic N) is 2. The number of primary amides is 1. The highest BCUT2D eigenvalue weighted by Gasteiger charge is 2.33. The van der Waals surface area contributed by atoms with Crippen LogP contribution in [-0.4, -0.2) is 47.8 Å². The predicted molar refractivity (Wildman–Crippen MR) is 107 cm³/mol. The minimum Gasteiger partial charge on any atom is -0.491 e. The highest BCUT2D eigenvalue weighted by molar-refractivity contribution is 5.92. The molecule has 3 N–H and O–H groups in total. The third-order valence-electron chi connectivity index (χ3n) is 5.22. The largest absolute Gasteiger partial charge is 0.491 e. The summed E-state index contributed by atoms with van der Waals surface area (Å²) in [7, 11) is 0. The zero-order valence-electron chi connectivity index (χ0n) is 15.8. The number of likely N-dealkylation sites (tertiary alicyclic amines) is 1. The number of hydrogen-bond acceptors (Lipinski definition) is 4. The minimum absolute atomic E-state index is 0.231. The summed E-state index contributed by atoms with van der Waals surface area (Å²) in [5.74, 6) is 0.142. The molecule has 0 aromatic heterocycles. The average Bonchev–Trinajstić information content (AvgIpc) is 2.73. The van der Waals surface area contributed by atoms with Crippen molar-refractivity contribution in [1.82, 2.24) is 4.90 Å². The number of rotatable bonds is 7. The number of piperidine rings is 1. The molecule has 28 heavy (non-hydrogen) atoms. The highest BCUT2D eigenvalue weighted by atomic mass is 16.5. The fraction of sp³-hybridized carbons (Fsp3) is 0.364. The number of carbonyl (C=O) groups is 1. The van der Waals surface area contributed by atoms with Crippen molar-refractivity contribution >= 4 is 11.6 Å². The van der Waals surface area contributed by atoms with E-state index in [4.69, 9.17) is 17.0 Å². The third-order valence-corrected chi connectivity index (χ3v) is 5.22. The summed E-state index contributed by atoms with van der Waals surface area (Å²) < 4.78 is 5.72. The zero-order chi connectivity index (χ0) is 20.0. The maximum Gasteiger partial charge on any atom is 0.248 e. The molecule has 1 heterocycles. The summed E-state index contributed by atoms with van der Waals surface area (Å²) >= 11 is 0. The van der Waals surface area contributed by atoms with Crippen LogP contribution in [0, 0.1) is 6.57 Å². The van der Waals surface area contributed by atoms with Crippen molar-refractivity contribution < 1.29 is 14.6 Å². The lowest BCUT2D eigenvalue weighted by atomic mass is 9.92. The lowest BCUT2D eigenvalue weighted by Gasteiger charge is -2.38. The first-order valence-electron chi connectivity index (χ1n) is 9.41. The van der Waals surface area contributed by atoms with Gasteiger partial charge in [-0.3, -0.25) is 4.79 Å². The molecular weight excluding hydrogens is 354 g/mol. The molecule has 0 aliphatic carbocycles. The summed E-state index contributed by atoms with van der Waals surface area (Å²) in [6.07, 6.45) is 2.24. The maximum atomic E-state index is 11.1. The number of carbonyl (C=O) groups excluding carboxylic acids is 1. The molecule has 6 nitrogen and oxygen atoms in total. The second kappa shape index (κ2) is 8.87. The number of nitrogens with two attached hydrogens (primary N) is 1. The Kier molecular flexibility index (Phi) is 6.30. The topological polar surface area (TPSA) is 80.2 Å². The van der Waals surface area contributed by atoms with Crippen LogP contribution in [0.3, 0.4) is 0 Å². The van der Waals surface area contributed by atoms with E-state index in [0.29, 0.717) is 29.8 Å². The molecule has 0 radical (unpaired) electrons. The van der Waals surface area contributed by atoms with Crippen LogP contribution >= 0.6 is 0 Å². The molecular formula is C22H25N3O3.